The van der Waals surface area contributed by atoms with Crippen LogP contribution in [0, 0.1) is 0 Å². The maximum Gasteiger partial charge on any atom is 0.540 e. The van der Waals surface area contributed by atoms with Crippen LogP contribution in [0.2, 0.25) is 0 Å². The van der Waals surface area contributed by atoms with E-state index in [4.69, 9.17) is 13.3 Å². The number of benzene rings is 2. The average molecular weight is 321 g/mol. The van der Waals surface area contributed by atoms with E-state index in [0.29, 0.717) is 0 Å². The first-order valence-electron chi connectivity index (χ1n) is 6.87. The third-order valence-electron chi connectivity index (χ3n) is 3.57. The van der Waals surface area contributed by atoms with Crippen molar-refractivity contribution in [3.63, 3.8) is 0 Å². The highest BCUT2D eigenvalue weighted by Crippen LogP contribution is 2.37. The van der Waals surface area contributed by atoms with Gasteiger partial charge < -0.3 is 13.3 Å². The molecule has 0 heterocycles. The van der Waals surface area contributed by atoms with Gasteiger partial charge in [-0.3, -0.25) is 0 Å². The molecule has 0 saturated heterocycles. The van der Waals surface area contributed by atoms with Crippen LogP contribution in [0.15, 0.2) is 60.7 Å². The van der Waals surface area contributed by atoms with Gasteiger partial charge >= 0.3 is 8.80 Å². The SMILES string of the molecule is CO[Si](C[PH+](c1ccccc1)c1ccccc1)(OC)OC. The van der Waals surface area contributed by atoms with Crippen LogP contribution in [0.1, 0.15) is 0 Å². The predicted octanol–water partition coefficient (Wildman–Crippen LogP) is 2.27. The molecule has 2 aromatic rings. The van der Waals surface area contributed by atoms with Gasteiger partial charge in [0.05, 0.1) is 18.5 Å². The summed E-state index contributed by atoms with van der Waals surface area (Å²) in [5.74, 6) is 0.815. The van der Waals surface area contributed by atoms with Crippen molar-refractivity contribution in [3.05, 3.63) is 60.7 Å². The van der Waals surface area contributed by atoms with Crippen molar-refractivity contribution in [1.82, 2.24) is 0 Å². The van der Waals surface area contributed by atoms with Crippen molar-refractivity contribution < 1.29 is 13.3 Å². The summed E-state index contributed by atoms with van der Waals surface area (Å²) in [5, 5.41) is 2.69. The van der Waals surface area contributed by atoms with Gasteiger partial charge in [-0.2, -0.15) is 0 Å². The summed E-state index contributed by atoms with van der Waals surface area (Å²) >= 11 is 0. The Morgan fingerprint density at radius 1 is 0.714 bits per heavy atom. The second kappa shape index (κ2) is 7.83. The molecule has 0 unspecified atom stereocenters. The summed E-state index contributed by atoms with van der Waals surface area (Å²) < 4.78 is 16.9. The standard InChI is InChI=1S/C16H21O3PSi/c1-17-21(18-2,19-3)14-20(15-10-6-4-7-11-15)16-12-8-5-9-13-16/h4-13H,14H2,1-3H3/p+1. The molecule has 0 amide bonds. The van der Waals surface area contributed by atoms with Gasteiger partial charge in [-0.25, -0.2) is 0 Å². The van der Waals surface area contributed by atoms with Crippen LogP contribution in [0.4, 0.5) is 0 Å². The molecular formula is C16H22O3PSi+. The third kappa shape index (κ3) is 4.00. The summed E-state index contributed by atoms with van der Waals surface area (Å²) in [7, 11) is 1.42. The van der Waals surface area contributed by atoms with Crippen LogP contribution in [-0.4, -0.2) is 35.9 Å². The molecule has 0 saturated carbocycles. The molecule has 0 radical (unpaired) electrons. The van der Waals surface area contributed by atoms with Crippen LogP contribution in [0.5, 0.6) is 0 Å². The molecule has 2 aromatic carbocycles. The maximum atomic E-state index is 5.63. The Morgan fingerprint density at radius 3 is 1.43 bits per heavy atom. The Balaban J connectivity index is 2.38. The molecule has 3 nitrogen and oxygen atoms in total. The van der Waals surface area contributed by atoms with Gasteiger partial charge in [0.2, 0.25) is 0 Å². The summed E-state index contributed by atoms with van der Waals surface area (Å²) in [5.41, 5.74) is 0. The maximum absolute atomic E-state index is 5.63. The first kappa shape index (κ1) is 16.3. The van der Waals surface area contributed by atoms with Gasteiger partial charge in [-0.05, 0) is 24.3 Å². The molecule has 112 valence electrons. The van der Waals surface area contributed by atoms with E-state index >= 15 is 0 Å². The highest BCUT2D eigenvalue weighted by molar-refractivity contribution is 7.74. The molecule has 0 aromatic heterocycles. The van der Waals surface area contributed by atoms with Crippen LogP contribution in [0.25, 0.3) is 0 Å². The van der Waals surface area contributed by atoms with E-state index < -0.39 is 16.7 Å². The van der Waals surface area contributed by atoms with E-state index in [1.54, 1.807) is 21.3 Å². The van der Waals surface area contributed by atoms with Gasteiger partial charge in [0.15, 0.2) is 0 Å². The first-order chi connectivity index (χ1) is 10.2. The fraction of sp³-hybridized carbons (Fsp3) is 0.250. The largest absolute Gasteiger partial charge is 0.540 e. The lowest BCUT2D eigenvalue weighted by Crippen LogP contribution is -2.48. The number of rotatable bonds is 7. The zero-order valence-electron chi connectivity index (χ0n) is 12.7. The summed E-state index contributed by atoms with van der Waals surface area (Å²) in [6, 6.07) is 21.1. The Bertz CT molecular complexity index is 484. The molecule has 0 fully saturated rings. The summed E-state index contributed by atoms with van der Waals surface area (Å²) in [6.07, 6.45) is 0. The lowest BCUT2D eigenvalue weighted by Gasteiger charge is -2.24. The average Bonchev–Trinajstić information content (AvgIpc) is 2.58. The van der Waals surface area contributed by atoms with Gasteiger partial charge in [0, 0.05) is 21.3 Å². The molecule has 0 aliphatic carbocycles. The molecule has 0 aliphatic rings. The van der Waals surface area contributed by atoms with Crippen LogP contribution in [0.3, 0.4) is 0 Å². The molecule has 0 aliphatic heterocycles. The second-order valence-electron chi connectivity index (χ2n) is 4.68. The topological polar surface area (TPSA) is 27.7 Å². The zero-order chi connectivity index (χ0) is 15.1. The smallest absolute Gasteiger partial charge is 0.375 e. The quantitative estimate of drug-likeness (QED) is 0.578. The van der Waals surface area contributed by atoms with E-state index in [1.165, 1.54) is 10.6 Å². The minimum atomic E-state index is -2.60. The second-order valence-corrected chi connectivity index (χ2v) is 10.8. The highest BCUT2D eigenvalue weighted by atomic mass is 31.1. The summed E-state index contributed by atoms with van der Waals surface area (Å²) in [4.78, 5) is 0. The highest BCUT2D eigenvalue weighted by Gasteiger charge is 2.46. The minimum Gasteiger partial charge on any atom is -0.375 e. The molecular weight excluding hydrogens is 299 g/mol. The van der Waals surface area contributed by atoms with Crippen LogP contribution >= 0.6 is 7.92 Å². The predicted molar refractivity (Wildman–Crippen MR) is 92.1 cm³/mol. The van der Waals surface area contributed by atoms with Crippen LogP contribution in [-0.2, 0) is 13.3 Å². The van der Waals surface area contributed by atoms with Crippen molar-refractivity contribution in [2.24, 2.45) is 0 Å². The molecule has 21 heavy (non-hydrogen) atoms. The Labute approximate surface area is 129 Å². The Morgan fingerprint density at radius 2 is 1.10 bits per heavy atom. The fourth-order valence-electron chi connectivity index (χ4n) is 2.33. The van der Waals surface area contributed by atoms with Gasteiger partial charge in [-0.15, -0.1) is 0 Å². The molecule has 0 spiro atoms. The van der Waals surface area contributed by atoms with Gasteiger partial charge in [0.1, 0.15) is 5.79 Å². The number of hydrogen-bond acceptors (Lipinski definition) is 3. The van der Waals surface area contributed by atoms with E-state index in [0.717, 1.165) is 5.79 Å². The summed E-state index contributed by atoms with van der Waals surface area (Å²) in [6.45, 7) is 0. The van der Waals surface area contributed by atoms with E-state index in [9.17, 15) is 0 Å². The normalized spacial score (nSPS) is 11.8. The van der Waals surface area contributed by atoms with Crippen molar-refractivity contribution >= 4 is 27.3 Å². The zero-order valence-corrected chi connectivity index (χ0v) is 14.7. The van der Waals surface area contributed by atoms with Gasteiger partial charge in [0.25, 0.3) is 0 Å². The Kier molecular flexibility index (Phi) is 6.09. The Hall–Kier alpha value is -1.03. The lowest BCUT2D eigenvalue weighted by atomic mass is 10.4. The van der Waals surface area contributed by atoms with Crippen molar-refractivity contribution in [2.45, 2.75) is 0 Å². The van der Waals surface area contributed by atoms with E-state index in [-0.39, 0.29) is 0 Å². The van der Waals surface area contributed by atoms with Crippen LogP contribution < -0.4 is 10.6 Å². The van der Waals surface area contributed by atoms with Crippen molar-refractivity contribution in [2.75, 3.05) is 27.1 Å². The third-order valence-corrected chi connectivity index (χ3v) is 10.6. The molecule has 0 N–H and O–H groups in total. The first-order valence-corrected chi connectivity index (χ1v) is 10.5. The van der Waals surface area contributed by atoms with Gasteiger partial charge in [-0.1, -0.05) is 36.4 Å². The van der Waals surface area contributed by atoms with Crippen molar-refractivity contribution in [3.8, 4) is 0 Å². The molecule has 0 bridgehead atoms. The minimum absolute atomic E-state index is 0.815. The monoisotopic (exact) mass is 321 g/mol. The van der Waals surface area contributed by atoms with E-state index in [2.05, 4.69) is 48.5 Å². The molecule has 2 rings (SSSR count). The fourth-order valence-corrected chi connectivity index (χ4v) is 9.45. The van der Waals surface area contributed by atoms with Crippen molar-refractivity contribution in [1.29, 1.82) is 0 Å². The molecule has 5 heteroatoms. The number of hydrogen-bond donors (Lipinski definition) is 0. The molecule has 0 atom stereocenters. The lowest BCUT2D eigenvalue weighted by molar-refractivity contribution is 0.130. The van der Waals surface area contributed by atoms with E-state index in [1.807, 2.05) is 12.1 Å².